The van der Waals surface area contributed by atoms with Crippen molar-refractivity contribution >= 4 is 12.2 Å². The molecule has 3 aromatic rings. The topological polar surface area (TPSA) is 83.8 Å². The van der Waals surface area contributed by atoms with Gasteiger partial charge in [-0.2, -0.15) is 5.10 Å². The van der Waals surface area contributed by atoms with Crippen molar-refractivity contribution in [1.82, 2.24) is 29.5 Å². The highest BCUT2D eigenvalue weighted by atomic mass is 16.5. The Kier molecular flexibility index (Phi) is 4.43. The molecule has 1 aliphatic heterocycles. The van der Waals surface area contributed by atoms with Crippen LogP contribution in [0.3, 0.4) is 0 Å². The van der Waals surface area contributed by atoms with Gasteiger partial charge in [0, 0.05) is 56.5 Å². The van der Waals surface area contributed by atoms with Crippen LogP contribution in [0.2, 0.25) is 0 Å². The van der Waals surface area contributed by atoms with E-state index in [9.17, 15) is 0 Å². The molecule has 0 saturated carbocycles. The highest BCUT2D eigenvalue weighted by molar-refractivity contribution is 5.62. The number of aryl methyl sites for hydroxylation is 1. The molecule has 0 amide bonds. The Morgan fingerprint density at radius 2 is 2.20 bits per heavy atom. The molecule has 130 valence electrons. The largest absolute Gasteiger partial charge is 0.418 e. The minimum atomic E-state index is -0.184. The third kappa shape index (κ3) is 3.39. The number of nitrogens with zero attached hydrogens (tertiary/aromatic N) is 6. The lowest BCUT2D eigenvalue weighted by atomic mass is 10.0. The van der Waals surface area contributed by atoms with Crippen molar-refractivity contribution < 1.29 is 9.15 Å². The van der Waals surface area contributed by atoms with Gasteiger partial charge in [0.25, 0.3) is 0 Å². The van der Waals surface area contributed by atoms with Gasteiger partial charge in [0.2, 0.25) is 11.8 Å². The lowest BCUT2D eigenvalue weighted by Crippen LogP contribution is -2.15. The molecule has 8 nitrogen and oxygen atoms in total. The molecule has 0 radical (unpaired) electrons. The zero-order valence-electron chi connectivity index (χ0n) is 14.0. The first kappa shape index (κ1) is 15.8. The monoisotopic (exact) mass is 340 g/mol. The van der Waals surface area contributed by atoms with E-state index in [0.29, 0.717) is 18.4 Å². The Morgan fingerprint density at radius 1 is 1.24 bits per heavy atom. The first-order valence-electron chi connectivity index (χ1n) is 8.45. The molecule has 0 unspecified atom stereocenters. The van der Waals surface area contributed by atoms with Crippen molar-refractivity contribution in [2.24, 2.45) is 5.92 Å². The number of rotatable bonds is 6. The Balaban J connectivity index is 1.47. The summed E-state index contributed by atoms with van der Waals surface area (Å²) in [6.07, 6.45) is 11.9. The fourth-order valence-corrected chi connectivity index (χ4v) is 3.06. The van der Waals surface area contributed by atoms with Crippen molar-refractivity contribution in [3.8, 4) is 0 Å². The summed E-state index contributed by atoms with van der Waals surface area (Å²) in [7, 11) is 0. The van der Waals surface area contributed by atoms with Gasteiger partial charge in [-0.1, -0.05) is 0 Å². The van der Waals surface area contributed by atoms with Crippen molar-refractivity contribution in [2.75, 3.05) is 6.61 Å². The minimum Gasteiger partial charge on any atom is -0.418 e. The van der Waals surface area contributed by atoms with E-state index < -0.39 is 0 Å². The molecule has 0 N–H and O–H groups in total. The van der Waals surface area contributed by atoms with Crippen molar-refractivity contribution in [1.29, 1.82) is 0 Å². The van der Waals surface area contributed by atoms with Crippen LogP contribution >= 0.6 is 0 Å². The molecule has 0 bridgehead atoms. The molecular formula is C17H20N6O2. The molecule has 25 heavy (non-hydrogen) atoms. The van der Waals surface area contributed by atoms with Gasteiger partial charge < -0.3 is 13.7 Å². The summed E-state index contributed by atoms with van der Waals surface area (Å²) in [5.74, 6) is 2.11. The molecule has 8 heteroatoms. The van der Waals surface area contributed by atoms with Gasteiger partial charge in [0.15, 0.2) is 0 Å². The molecule has 1 aliphatic rings. The van der Waals surface area contributed by atoms with E-state index in [1.165, 1.54) is 0 Å². The van der Waals surface area contributed by atoms with Crippen LogP contribution in [-0.2, 0) is 17.8 Å². The normalized spacial score (nSPS) is 20.7. The summed E-state index contributed by atoms with van der Waals surface area (Å²) in [6, 6.07) is 1.92. The predicted molar refractivity (Wildman–Crippen MR) is 90.2 cm³/mol. The van der Waals surface area contributed by atoms with Gasteiger partial charge >= 0.3 is 0 Å². The Bertz CT molecular complexity index is 835. The minimum absolute atomic E-state index is 0.184. The average molecular weight is 340 g/mol. The SMILES string of the molecule is CCn1ccnc1/C=C/c1nnc([C@H]2OCC[C@H]2Cn2cccn2)o1. The summed E-state index contributed by atoms with van der Waals surface area (Å²) in [6.45, 7) is 4.40. The number of aromatic nitrogens is 6. The van der Waals surface area contributed by atoms with Crippen LogP contribution in [0.15, 0.2) is 35.3 Å². The van der Waals surface area contributed by atoms with Crippen LogP contribution in [0.1, 0.15) is 37.1 Å². The van der Waals surface area contributed by atoms with E-state index in [0.717, 1.165) is 25.3 Å². The molecule has 0 spiro atoms. The molecule has 3 aromatic heterocycles. The summed E-state index contributed by atoms with van der Waals surface area (Å²) in [5, 5.41) is 12.5. The second kappa shape index (κ2) is 7.02. The molecule has 4 heterocycles. The predicted octanol–water partition coefficient (Wildman–Crippen LogP) is 2.43. The van der Waals surface area contributed by atoms with Crippen molar-refractivity contribution in [2.45, 2.75) is 32.5 Å². The summed E-state index contributed by atoms with van der Waals surface area (Å²) in [5.41, 5.74) is 0. The van der Waals surface area contributed by atoms with Crippen LogP contribution in [0.5, 0.6) is 0 Å². The third-order valence-electron chi connectivity index (χ3n) is 4.36. The molecule has 2 atom stereocenters. The molecule has 0 aromatic carbocycles. The summed E-state index contributed by atoms with van der Waals surface area (Å²) < 4.78 is 15.6. The zero-order valence-corrected chi connectivity index (χ0v) is 14.0. The lowest BCUT2D eigenvalue weighted by molar-refractivity contribution is 0.0627. The van der Waals surface area contributed by atoms with Crippen LogP contribution in [0.4, 0.5) is 0 Å². The molecule has 1 fully saturated rings. The third-order valence-corrected chi connectivity index (χ3v) is 4.36. The fourth-order valence-electron chi connectivity index (χ4n) is 3.06. The van der Waals surface area contributed by atoms with E-state index in [4.69, 9.17) is 9.15 Å². The van der Waals surface area contributed by atoms with E-state index >= 15 is 0 Å². The molecule has 1 saturated heterocycles. The van der Waals surface area contributed by atoms with Crippen LogP contribution in [0, 0.1) is 5.92 Å². The zero-order chi connectivity index (χ0) is 17.1. The second-order valence-electron chi connectivity index (χ2n) is 5.95. The highest BCUT2D eigenvalue weighted by Gasteiger charge is 2.34. The maximum atomic E-state index is 5.82. The van der Waals surface area contributed by atoms with E-state index in [-0.39, 0.29) is 12.0 Å². The smallest absolute Gasteiger partial charge is 0.245 e. The van der Waals surface area contributed by atoms with Crippen molar-refractivity contribution in [3.05, 3.63) is 48.5 Å². The second-order valence-corrected chi connectivity index (χ2v) is 5.95. The lowest BCUT2D eigenvalue weighted by Gasteiger charge is -2.14. The maximum absolute atomic E-state index is 5.82. The maximum Gasteiger partial charge on any atom is 0.245 e. The van der Waals surface area contributed by atoms with Gasteiger partial charge in [0.1, 0.15) is 11.9 Å². The Hall–Kier alpha value is -2.74. The molecular weight excluding hydrogens is 320 g/mol. The number of ether oxygens (including phenoxy) is 1. The van der Waals surface area contributed by atoms with E-state index in [1.807, 2.05) is 33.8 Å². The summed E-state index contributed by atoms with van der Waals surface area (Å²) in [4.78, 5) is 4.29. The van der Waals surface area contributed by atoms with Crippen LogP contribution in [0.25, 0.3) is 12.2 Å². The Morgan fingerprint density at radius 3 is 3.04 bits per heavy atom. The van der Waals surface area contributed by atoms with E-state index in [2.05, 4.69) is 27.2 Å². The van der Waals surface area contributed by atoms with E-state index in [1.54, 1.807) is 18.5 Å². The quantitative estimate of drug-likeness (QED) is 0.685. The van der Waals surface area contributed by atoms with Crippen molar-refractivity contribution in [3.63, 3.8) is 0 Å². The van der Waals surface area contributed by atoms with Gasteiger partial charge in [-0.25, -0.2) is 4.98 Å². The van der Waals surface area contributed by atoms with Gasteiger partial charge in [0.05, 0.1) is 0 Å². The van der Waals surface area contributed by atoms with Gasteiger partial charge in [-0.05, 0) is 25.5 Å². The van der Waals surface area contributed by atoms with Gasteiger partial charge in [-0.15, -0.1) is 10.2 Å². The molecule has 0 aliphatic carbocycles. The number of hydrogen-bond acceptors (Lipinski definition) is 6. The van der Waals surface area contributed by atoms with Crippen LogP contribution < -0.4 is 0 Å². The highest BCUT2D eigenvalue weighted by Crippen LogP contribution is 2.34. The average Bonchev–Trinajstić information content (AvgIpc) is 3.40. The fraction of sp³-hybridized carbons (Fsp3) is 0.412. The Labute approximate surface area is 145 Å². The number of hydrogen-bond donors (Lipinski definition) is 0. The summed E-state index contributed by atoms with van der Waals surface area (Å²) >= 11 is 0. The van der Waals surface area contributed by atoms with Crippen LogP contribution in [-0.4, -0.2) is 36.1 Å². The first-order valence-corrected chi connectivity index (χ1v) is 8.45. The molecule has 4 rings (SSSR count). The van der Waals surface area contributed by atoms with Gasteiger partial charge in [-0.3, -0.25) is 4.68 Å². The number of imidazole rings is 1. The first-order chi connectivity index (χ1) is 12.3. The standard InChI is InChI=1S/C17H20N6O2/c1-2-22-10-8-18-14(22)4-5-15-20-21-17(25-15)16-13(6-11-24-16)12-23-9-3-7-19-23/h3-5,7-10,13,16H,2,6,11-12H2,1H3/b5-4+/t13-,16-/m0/s1.